The van der Waals surface area contributed by atoms with E-state index in [0.29, 0.717) is 36.3 Å². The van der Waals surface area contributed by atoms with Gasteiger partial charge in [0.25, 0.3) is 0 Å². The molecule has 0 aliphatic carbocycles. The van der Waals surface area contributed by atoms with E-state index >= 15 is 0 Å². The van der Waals surface area contributed by atoms with Gasteiger partial charge in [0, 0.05) is 61.9 Å². The topological polar surface area (TPSA) is 139 Å². The number of aromatic nitrogens is 1. The van der Waals surface area contributed by atoms with Crippen LogP contribution >= 0.6 is 0 Å². The molecular weight excluding hydrogens is 630 g/mol. The average molecular weight is 680 g/mol. The van der Waals surface area contributed by atoms with Crippen molar-refractivity contribution in [2.75, 3.05) is 36.5 Å². The van der Waals surface area contributed by atoms with Gasteiger partial charge in [-0.2, -0.15) is 0 Å². The number of ether oxygens (including phenoxy) is 2. The molecular formula is C40H49N5O5. The van der Waals surface area contributed by atoms with Crippen molar-refractivity contribution >= 4 is 28.9 Å². The molecule has 3 aromatic carbocycles. The zero-order valence-electron chi connectivity index (χ0n) is 28.8. The number of aliphatic hydroxyl groups excluding tert-OH is 1. The maximum Gasteiger partial charge on any atom is 0.224 e. The molecule has 0 bridgehead atoms. The number of amides is 2. The molecule has 10 nitrogen and oxygen atoms in total. The lowest BCUT2D eigenvalue weighted by Crippen LogP contribution is -2.38. The first-order valence-corrected chi connectivity index (χ1v) is 17.5. The zero-order chi connectivity index (χ0) is 35.1. The summed E-state index contributed by atoms with van der Waals surface area (Å²) < 4.78 is 13.0. The second kappa shape index (κ2) is 19.0. The second-order valence-corrected chi connectivity index (χ2v) is 12.9. The number of hydrogen-bond donors (Lipinski definition) is 4. The van der Waals surface area contributed by atoms with Gasteiger partial charge in [-0.25, -0.2) is 0 Å². The van der Waals surface area contributed by atoms with Crippen molar-refractivity contribution in [3.63, 3.8) is 0 Å². The summed E-state index contributed by atoms with van der Waals surface area (Å²) in [5.41, 5.74) is 11.6. The number of nitrogens with zero attached hydrogens (tertiary/aromatic N) is 2. The maximum absolute atomic E-state index is 12.6. The van der Waals surface area contributed by atoms with Crippen molar-refractivity contribution in [2.45, 2.75) is 76.5 Å². The molecule has 1 aliphatic heterocycles. The van der Waals surface area contributed by atoms with Gasteiger partial charge in [-0.1, -0.05) is 67.4 Å². The molecule has 50 heavy (non-hydrogen) atoms. The molecule has 1 saturated heterocycles. The van der Waals surface area contributed by atoms with E-state index < -0.39 is 6.29 Å². The lowest BCUT2D eigenvalue weighted by atomic mass is 9.99. The Hall–Kier alpha value is -4.61. The number of hydrogen-bond acceptors (Lipinski definition) is 8. The predicted octanol–water partition coefficient (Wildman–Crippen LogP) is 6.79. The monoisotopic (exact) mass is 679 g/mol. The molecule has 2 heterocycles. The number of rotatable bonds is 17. The zero-order valence-corrected chi connectivity index (χ0v) is 28.8. The number of para-hydroxylation sites is 2. The molecule has 0 spiro atoms. The van der Waals surface area contributed by atoms with E-state index in [2.05, 4.69) is 27.6 Å². The smallest absolute Gasteiger partial charge is 0.224 e. The molecule has 1 aromatic heterocycles. The van der Waals surface area contributed by atoms with Gasteiger partial charge in [0.2, 0.25) is 11.8 Å². The van der Waals surface area contributed by atoms with Crippen LogP contribution in [0.25, 0.3) is 0 Å². The number of carbonyl (C=O) groups is 2. The molecule has 1 fully saturated rings. The van der Waals surface area contributed by atoms with Crippen LogP contribution in [-0.4, -0.2) is 53.0 Å². The molecule has 4 aromatic rings. The minimum Gasteiger partial charge on any atom is -0.397 e. The molecule has 264 valence electrons. The van der Waals surface area contributed by atoms with Crippen LogP contribution in [0.15, 0.2) is 97.2 Å². The van der Waals surface area contributed by atoms with Crippen LogP contribution in [0.5, 0.6) is 0 Å². The van der Waals surface area contributed by atoms with Crippen molar-refractivity contribution in [3.05, 3.63) is 120 Å². The Bertz CT molecular complexity index is 1630. The molecule has 0 radical (unpaired) electrons. The van der Waals surface area contributed by atoms with Gasteiger partial charge in [-0.15, -0.1) is 0 Å². The summed E-state index contributed by atoms with van der Waals surface area (Å²) >= 11 is 0. The third kappa shape index (κ3) is 11.5. The number of unbranched alkanes of at least 4 members (excludes halogenated alkanes) is 3. The summed E-state index contributed by atoms with van der Waals surface area (Å²) in [4.78, 5) is 31.6. The fourth-order valence-corrected chi connectivity index (χ4v) is 6.02. The van der Waals surface area contributed by atoms with Crippen LogP contribution in [0, 0.1) is 0 Å². The first-order chi connectivity index (χ1) is 24.4. The summed E-state index contributed by atoms with van der Waals surface area (Å²) in [6, 6.07) is 28.7. The highest BCUT2D eigenvalue weighted by Gasteiger charge is 2.32. The Morgan fingerprint density at radius 3 is 2.20 bits per heavy atom. The number of aliphatic hydroxyl groups is 1. The minimum atomic E-state index is -0.572. The fourth-order valence-electron chi connectivity index (χ4n) is 6.02. The molecule has 0 saturated carbocycles. The van der Waals surface area contributed by atoms with Crippen LogP contribution < -0.4 is 16.4 Å². The Labute approximate surface area is 295 Å². The SMILES string of the molecule is CN(CCc1ccccn1)CC1CC(c2ccc(CO)cc2)OC(c2ccc(NC(=O)CCCCCCC(=O)Nc3ccccc3N)cc2)O1. The second-order valence-electron chi connectivity index (χ2n) is 12.9. The van der Waals surface area contributed by atoms with Gasteiger partial charge >= 0.3 is 0 Å². The van der Waals surface area contributed by atoms with Crippen LogP contribution in [0.2, 0.25) is 0 Å². The molecule has 10 heteroatoms. The van der Waals surface area contributed by atoms with Crippen LogP contribution in [0.3, 0.4) is 0 Å². The third-order valence-electron chi connectivity index (χ3n) is 8.87. The Morgan fingerprint density at radius 2 is 1.52 bits per heavy atom. The summed E-state index contributed by atoms with van der Waals surface area (Å²) in [7, 11) is 2.10. The van der Waals surface area contributed by atoms with Crippen molar-refractivity contribution in [1.82, 2.24) is 9.88 Å². The number of nitrogens with two attached hydrogens (primary N) is 1. The van der Waals surface area contributed by atoms with E-state index in [-0.39, 0.29) is 30.6 Å². The highest BCUT2D eigenvalue weighted by Crippen LogP contribution is 2.38. The van der Waals surface area contributed by atoms with Gasteiger partial charge in [0.15, 0.2) is 6.29 Å². The number of pyridine rings is 1. The molecule has 2 amide bonds. The van der Waals surface area contributed by atoms with Gasteiger partial charge in [0.1, 0.15) is 0 Å². The molecule has 5 rings (SSSR count). The van der Waals surface area contributed by atoms with Gasteiger partial charge < -0.3 is 35.8 Å². The summed E-state index contributed by atoms with van der Waals surface area (Å²) in [6.07, 6.45) is 6.64. The number of nitrogen functional groups attached to an aromatic ring is 1. The maximum atomic E-state index is 12.6. The van der Waals surface area contributed by atoms with E-state index in [9.17, 15) is 14.7 Å². The number of anilines is 3. The van der Waals surface area contributed by atoms with Crippen LogP contribution in [-0.2, 0) is 32.1 Å². The third-order valence-corrected chi connectivity index (χ3v) is 8.87. The van der Waals surface area contributed by atoms with Gasteiger partial charge in [-0.3, -0.25) is 14.6 Å². The standard InChI is InChI=1S/C40H49N5O5/c1-45(25-23-32-10-8-9-24-42-32)27-34-26-37(30-17-15-29(28-46)16-18-30)50-40(49-34)31-19-21-33(22-20-31)43-38(47)13-4-2-3-5-14-39(48)44-36-12-7-6-11-35(36)41/h6-12,15-22,24,34,37,40,46H,2-5,13-14,23,25-28,41H2,1H3,(H,43,47)(H,44,48). The first-order valence-electron chi connectivity index (χ1n) is 17.5. The largest absolute Gasteiger partial charge is 0.397 e. The molecule has 3 atom stereocenters. The van der Waals surface area contributed by atoms with Gasteiger partial charge in [0.05, 0.1) is 30.2 Å². The molecule has 1 aliphatic rings. The average Bonchev–Trinajstić information content (AvgIpc) is 3.14. The number of likely N-dealkylation sites (N-methyl/N-ethyl adjacent to an activating group) is 1. The summed E-state index contributed by atoms with van der Waals surface area (Å²) in [5, 5.41) is 15.4. The summed E-state index contributed by atoms with van der Waals surface area (Å²) in [6.45, 7) is 1.59. The van der Waals surface area contributed by atoms with E-state index in [1.165, 1.54) is 0 Å². The Balaban J connectivity index is 1.08. The van der Waals surface area contributed by atoms with Crippen molar-refractivity contribution in [2.24, 2.45) is 0 Å². The van der Waals surface area contributed by atoms with E-state index in [1.54, 1.807) is 12.1 Å². The van der Waals surface area contributed by atoms with E-state index in [0.717, 1.165) is 67.6 Å². The highest BCUT2D eigenvalue weighted by molar-refractivity contribution is 5.93. The number of nitrogens with one attached hydrogen (secondary N) is 2. The fraction of sp³-hybridized carbons (Fsp3) is 0.375. The van der Waals surface area contributed by atoms with E-state index in [1.807, 2.05) is 85.1 Å². The van der Waals surface area contributed by atoms with Crippen molar-refractivity contribution in [3.8, 4) is 0 Å². The first kappa shape index (κ1) is 36.7. The molecule has 3 unspecified atom stereocenters. The van der Waals surface area contributed by atoms with E-state index in [4.69, 9.17) is 15.2 Å². The summed E-state index contributed by atoms with van der Waals surface area (Å²) in [5.74, 6) is -0.0970. The van der Waals surface area contributed by atoms with Crippen LogP contribution in [0.4, 0.5) is 17.1 Å². The number of benzene rings is 3. The predicted molar refractivity (Wildman–Crippen MR) is 196 cm³/mol. The molecule has 5 N–H and O–H groups in total. The highest BCUT2D eigenvalue weighted by atomic mass is 16.7. The Kier molecular flexibility index (Phi) is 13.9. The van der Waals surface area contributed by atoms with Crippen molar-refractivity contribution in [1.29, 1.82) is 0 Å². The lowest BCUT2D eigenvalue weighted by Gasteiger charge is -2.38. The lowest BCUT2D eigenvalue weighted by molar-refractivity contribution is -0.252. The normalized spacial score (nSPS) is 17.4. The van der Waals surface area contributed by atoms with Crippen molar-refractivity contribution < 1.29 is 24.2 Å². The van der Waals surface area contributed by atoms with Gasteiger partial charge in [-0.05, 0) is 67.4 Å². The number of carbonyl (C=O) groups excluding carboxylic acids is 2. The Morgan fingerprint density at radius 1 is 0.840 bits per heavy atom. The quantitative estimate of drug-likeness (QED) is 0.0707. The van der Waals surface area contributed by atoms with Crippen LogP contribution in [0.1, 0.15) is 79.7 Å². The minimum absolute atomic E-state index is 0.00365.